The number of methoxy groups -OCH3 is 1. The fourth-order valence-electron chi connectivity index (χ4n) is 2.75. The summed E-state index contributed by atoms with van der Waals surface area (Å²) in [6.45, 7) is 1.49. The predicted molar refractivity (Wildman–Crippen MR) is 77.4 cm³/mol. The first kappa shape index (κ1) is 14.4. The second kappa shape index (κ2) is 6.92. The van der Waals surface area contributed by atoms with Gasteiger partial charge >= 0.3 is 0 Å². The van der Waals surface area contributed by atoms with Crippen LogP contribution in [0.4, 0.5) is 0 Å². The van der Waals surface area contributed by atoms with Gasteiger partial charge in [-0.05, 0) is 30.5 Å². The smallest absolute Gasteiger partial charge is 0.118 e. The number of rotatable bonds is 5. The molecule has 3 nitrogen and oxygen atoms in total. The molecule has 0 radical (unpaired) electrons. The van der Waals surface area contributed by atoms with Crippen LogP contribution >= 0.6 is 0 Å². The van der Waals surface area contributed by atoms with Crippen LogP contribution in [0.2, 0.25) is 0 Å². The van der Waals surface area contributed by atoms with Crippen molar-refractivity contribution < 1.29 is 9.84 Å². The molecule has 1 saturated carbocycles. The zero-order chi connectivity index (χ0) is 13.6. The number of nitrogens with one attached hydrogen (secondary N) is 1. The molecule has 0 saturated heterocycles. The Hall–Kier alpha value is -1.06. The molecule has 0 spiro atoms. The molecule has 2 rings (SSSR count). The summed E-state index contributed by atoms with van der Waals surface area (Å²) in [6.07, 6.45) is 6.70. The highest BCUT2D eigenvalue weighted by Gasteiger charge is 2.27. The molecule has 1 aliphatic rings. The first-order valence-electron chi connectivity index (χ1n) is 7.28. The summed E-state index contributed by atoms with van der Waals surface area (Å²) >= 11 is 0. The highest BCUT2D eigenvalue weighted by atomic mass is 16.5. The largest absolute Gasteiger partial charge is 0.497 e. The van der Waals surface area contributed by atoms with E-state index in [4.69, 9.17) is 4.74 Å². The van der Waals surface area contributed by atoms with Crippen LogP contribution in [0.5, 0.6) is 5.75 Å². The molecular formula is C16H25NO2. The lowest BCUT2D eigenvalue weighted by Crippen LogP contribution is -2.39. The second-order valence-corrected chi connectivity index (χ2v) is 5.59. The maximum absolute atomic E-state index is 10.5. The van der Waals surface area contributed by atoms with Gasteiger partial charge in [0.1, 0.15) is 5.75 Å². The van der Waals surface area contributed by atoms with Gasteiger partial charge in [-0.15, -0.1) is 0 Å². The van der Waals surface area contributed by atoms with Crippen molar-refractivity contribution in [3.63, 3.8) is 0 Å². The number of ether oxygens (including phenoxy) is 1. The highest BCUT2D eigenvalue weighted by Crippen LogP contribution is 2.26. The average Bonchev–Trinajstić information content (AvgIpc) is 2.65. The van der Waals surface area contributed by atoms with Gasteiger partial charge in [-0.25, -0.2) is 0 Å². The van der Waals surface area contributed by atoms with E-state index in [1.54, 1.807) is 7.11 Å². The average molecular weight is 263 g/mol. The van der Waals surface area contributed by atoms with Crippen molar-refractivity contribution >= 4 is 0 Å². The predicted octanol–water partition coefficient (Wildman–Crippen LogP) is 2.87. The molecule has 2 N–H and O–H groups in total. The molecule has 0 amide bonds. The first-order valence-corrected chi connectivity index (χ1v) is 7.28. The lowest BCUT2D eigenvalue weighted by Gasteiger charge is -2.27. The summed E-state index contributed by atoms with van der Waals surface area (Å²) in [4.78, 5) is 0. The minimum absolute atomic E-state index is 0.497. The van der Waals surface area contributed by atoms with Crippen LogP contribution < -0.4 is 10.1 Å². The number of hydrogen-bond donors (Lipinski definition) is 2. The van der Waals surface area contributed by atoms with Crippen LogP contribution in [0.15, 0.2) is 24.3 Å². The summed E-state index contributed by atoms with van der Waals surface area (Å²) < 4.78 is 5.14. The monoisotopic (exact) mass is 263 g/mol. The Morgan fingerprint density at radius 1 is 1.11 bits per heavy atom. The van der Waals surface area contributed by atoms with Crippen molar-refractivity contribution in [3.8, 4) is 5.75 Å². The highest BCUT2D eigenvalue weighted by molar-refractivity contribution is 5.27. The summed E-state index contributed by atoms with van der Waals surface area (Å²) in [5.74, 6) is 0.881. The summed E-state index contributed by atoms with van der Waals surface area (Å²) in [5.41, 5.74) is 0.723. The van der Waals surface area contributed by atoms with Crippen molar-refractivity contribution in [1.82, 2.24) is 5.32 Å². The van der Waals surface area contributed by atoms with E-state index in [1.807, 2.05) is 12.1 Å². The van der Waals surface area contributed by atoms with E-state index in [1.165, 1.54) is 18.4 Å². The molecule has 0 atom stereocenters. The van der Waals surface area contributed by atoms with Gasteiger partial charge in [0, 0.05) is 13.1 Å². The fraction of sp³-hybridized carbons (Fsp3) is 0.625. The van der Waals surface area contributed by atoms with Crippen molar-refractivity contribution in [3.05, 3.63) is 29.8 Å². The van der Waals surface area contributed by atoms with Gasteiger partial charge in [-0.1, -0.05) is 37.8 Å². The molecule has 0 bridgehead atoms. The molecule has 1 aromatic rings. The molecule has 1 aliphatic carbocycles. The molecule has 3 heteroatoms. The lowest BCUT2D eigenvalue weighted by molar-refractivity contribution is 0.0250. The van der Waals surface area contributed by atoms with Crippen LogP contribution in [0.25, 0.3) is 0 Å². The number of hydrogen-bond acceptors (Lipinski definition) is 3. The van der Waals surface area contributed by atoms with Gasteiger partial charge in [0.2, 0.25) is 0 Å². The van der Waals surface area contributed by atoms with Crippen LogP contribution in [0, 0.1) is 0 Å². The maximum Gasteiger partial charge on any atom is 0.118 e. The SMILES string of the molecule is COc1ccc(CNCC2(O)CCCCCC2)cc1. The Morgan fingerprint density at radius 2 is 1.74 bits per heavy atom. The summed E-state index contributed by atoms with van der Waals surface area (Å²) in [6, 6.07) is 8.06. The molecule has 0 aromatic heterocycles. The second-order valence-electron chi connectivity index (χ2n) is 5.59. The van der Waals surface area contributed by atoms with Gasteiger partial charge in [0.25, 0.3) is 0 Å². The molecule has 0 unspecified atom stereocenters. The van der Waals surface area contributed by atoms with Crippen LogP contribution in [0.3, 0.4) is 0 Å². The normalized spacial score (nSPS) is 18.8. The van der Waals surface area contributed by atoms with Crippen molar-refractivity contribution in [1.29, 1.82) is 0 Å². The third kappa shape index (κ3) is 4.51. The first-order chi connectivity index (χ1) is 9.22. The number of benzene rings is 1. The summed E-state index contributed by atoms with van der Waals surface area (Å²) in [5, 5.41) is 13.9. The minimum Gasteiger partial charge on any atom is -0.497 e. The standard InChI is InChI=1S/C16H25NO2/c1-19-15-8-6-14(7-9-15)12-17-13-16(18)10-4-2-3-5-11-16/h6-9,17-18H,2-5,10-13H2,1H3. The fourth-order valence-corrected chi connectivity index (χ4v) is 2.75. The molecule has 19 heavy (non-hydrogen) atoms. The van der Waals surface area contributed by atoms with Crippen molar-refractivity contribution in [2.24, 2.45) is 0 Å². The topological polar surface area (TPSA) is 41.5 Å². The third-order valence-electron chi connectivity index (χ3n) is 3.98. The zero-order valence-electron chi connectivity index (χ0n) is 11.8. The maximum atomic E-state index is 10.5. The Bertz CT molecular complexity index is 367. The van der Waals surface area contributed by atoms with Gasteiger partial charge in [0.05, 0.1) is 12.7 Å². The molecular weight excluding hydrogens is 238 g/mol. The Morgan fingerprint density at radius 3 is 2.32 bits per heavy atom. The Labute approximate surface area is 116 Å². The van der Waals surface area contributed by atoms with Crippen LogP contribution in [-0.2, 0) is 6.54 Å². The van der Waals surface area contributed by atoms with E-state index in [-0.39, 0.29) is 0 Å². The van der Waals surface area contributed by atoms with E-state index < -0.39 is 5.60 Å². The van der Waals surface area contributed by atoms with Crippen LogP contribution in [0.1, 0.15) is 44.1 Å². The molecule has 1 fully saturated rings. The van der Waals surface area contributed by atoms with Gasteiger partial charge in [0.15, 0.2) is 0 Å². The Balaban J connectivity index is 1.78. The van der Waals surface area contributed by atoms with Crippen molar-refractivity contribution in [2.75, 3.05) is 13.7 Å². The van der Waals surface area contributed by atoms with Gasteiger partial charge < -0.3 is 15.2 Å². The van der Waals surface area contributed by atoms with Crippen LogP contribution in [-0.4, -0.2) is 24.4 Å². The lowest BCUT2D eigenvalue weighted by atomic mass is 9.94. The van der Waals surface area contributed by atoms with E-state index in [9.17, 15) is 5.11 Å². The zero-order valence-corrected chi connectivity index (χ0v) is 11.8. The summed E-state index contributed by atoms with van der Waals surface area (Å²) in [7, 11) is 1.68. The van der Waals surface area contributed by atoms with Gasteiger partial charge in [-0.3, -0.25) is 0 Å². The van der Waals surface area contributed by atoms with Gasteiger partial charge in [-0.2, -0.15) is 0 Å². The Kier molecular flexibility index (Phi) is 5.23. The molecule has 106 valence electrons. The third-order valence-corrected chi connectivity index (χ3v) is 3.98. The molecule has 0 heterocycles. The van der Waals surface area contributed by atoms with E-state index in [0.29, 0.717) is 6.54 Å². The number of aliphatic hydroxyl groups is 1. The molecule has 1 aromatic carbocycles. The minimum atomic E-state index is -0.497. The van der Waals surface area contributed by atoms with E-state index in [2.05, 4.69) is 17.4 Å². The van der Waals surface area contributed by atoms with E-state index >= 15 is 0 Å². The van der Waals surface area contributed by atoms with E-state index in [0.717, 1.165) is 38.0 Å². The van der Waals surface area contributed by atoms with Crippen molar-refractivity contribution in [2.45, 2.75) is 50.7 Å². The quantitative estimate of drug-likeness (QED) is 0.803. The molecule has 0 aliphatic heterocycles.